The molecule has 4 rings (SSSR count). The van der Waals surface area contributed by atoms with E-state index in [2.05, 4.69) is 34.1 Å². The van der Waals surface area contributed by atoms with Crippen LogP contribution in [0.5, 0.6) is 5.75 Å². The fourth-order valence-electron chi connectivity index (χ4n) is 4.69. The maximum Gasteiger partial charge on any atom is 0.256 e. The second kappa shape index (κ2) is 9.21. The molecule has 2 heterocycles. The van der Waals surface area contributed by atoms with Gasteiger partial charge >= 0.3 is 0 Å². The number of hydrogen-bond acceptors (Lipinski definition) is 5. The van der Waals surface area contributed by atoms with Crippen molar-refractivity contribution in [1.29, 1.82) is 0 Å². The van der Waals surface area contributed by atoms with E-state index in [-0.39, 0.29) is 11.8 Å². The zero-order valence-electron chi connectivity index (χ0n) is 18.2. The third kappa shape index (κ3) is 4.38. The molecule has 1 aromatic rings. The van der Waals surface area contributed by atoms with Crippen molar-refractivity contribution < 1.29 is 14.3 Å². The Morgan fingerprint density at radius 1 is 0.900 bits per heavy atom. The van der Waals surface area contributed by atoms with Gasteiger partial charge in [-0.05, 0) is 64.6 Å². The van der Waals surface area contributed by atoms with E-state index in [0.29, 0.717) is 23.8 Å². The SMILES string of the molecule is CC1=C(C)C(=O)N(CCCN2CCN(c3ccccc3OC3CCCC3)CC2)C1=O. The Morgan fingerprint density at radius 2 is 1.53 bits per heavy atom. The molecule has 6 heteroatoms. The van der Waals surface area contributed by atoms with Crippen LogP contribution in [0.4, 0.5) is 5.69 Å². The van der Waals surface area contributed by atoms with Crippen molar-refractivity contribution in [3.63, 3.8) is 0 Å². The van der Waals surface area contributed by atoms with Gasteiger partial charge in [-0.25, -0.2) is 0 Å². The molecule has 2 amide bonds. The van der Waals surface area contributed by atoms with Crippen LogP contribution >= 0.6 is 0 Å². The smallest absolute Gasteiger partial charge is 0.256 e. The second-order valence-corrected chi connectivity index (χ2v) is 8.69. The summed E-state index contributed by atoms with van der Waals surface area (Å²) in [5, 5.41) is 0. The van der Waals surface area contributed by atoms with Crippen molar-refractivity contribution in [3.05, 3.63) is 35.4 Å². The Balaban J connectivity index is 1.25. The summed E-state index contributed by atoms with van der Waals surface area (Å²) in [6.45, 7) is 8.78. The Labute approximate surface area is 179 Å². The normalized spacial score (nSPS) is 21.3. The van der Waals surface area contributed by atoms with E-state index in [0.717, 1.165) is 44.9 Å². The van der Waals surface area contributed by atoms with Crippen LogP contribution in [0.3, 0.4) is 0 Å². The number of nitrogens with zero attached hydrogens (tertiary/aromatic N) is 3. The lowest BCUT2D eigenvalue weighted by molar-refractivity contribution is -0.137. The van der Waals surface area contributed by atoms with E-state index in [1.54, 1.807) is 13.8 Å². The van der Waals surface area contributed by atoms with E-state index in [4.69, 9.17) is 4.74 Å². The van der Waals surface area contributed by atoms with E-state index in [1.165, 1.54) is 36.3 Å². The highest BCUT2D eigenvalue weighted by molar-refractivity contribution is 6.18. The largest absolute Gasteiger partial charge is 0.488 e. The van der Waals surface area contributed by atoms with Gasteiger partial charge in [-0.15, -0.1) is 0 Å². The minimum Gasteiger partial charge on any atom is -0.488 e. The standard InChI is InChI=1S/C24H33N3O3/c1-18-19(2)24(29)27(23(18)28)13-7-12-25-14-16-26(17-15-25)21-10-5-6-11-22(21)30-20-8-3-4-9-20/h5-6,10-11,20H,3-4,7-9,12-17H2,1-2H3. The number of piperazine rings is 1. The Hall–Kier alpha value is -2.34. The molecule has 0 radical (unpaired) electrons. The number of para-hydroxylation sites is 2. The molecule has 0 aromatic heterocycles. The zero-order chi connectivity index (χ0) is 21.1. The Kier molecular flexibility index (Phi) is 6.42. The first-order chi connectivity index (χ1) is 14.5. The number of carbonyl (C=O) groups is 2. The molecule has 162 valence electrons. The quantitative estimate of drug-likeness (QED) is 0.645. The molecular weight excluding hydrogens is 378 g/mol. The minimum atomic E-state index is -0.124. The number of anilines is 1. The van der Waals surface area contributed by atoms with Gasteiger partial charge < -0.3 is 9.64 Å². The number of ether oxygens (including phenoxy) is 1. The van der Waals surface area contributed by atoms with Crippen LogP contribution < -0.4 is 9.64 Å². The lowest BCUT2D eigenvalue weighted by atomic mass is 10.2. The van der Waals surface area contributed by atoms with Crippen molar-refractivity contribution in [2.24, 2.45) is 0 Å². The average molecular weight is 412 g/mol. The minimum absolute atomic E-state index is 0.124. The predicted molar refractivity (Wildman–Crippen MR) is 118 cm³/mol. The molecule has 1 saturated heterocycles. The molecule has 0 spiro atoms. The molecule has 1 saturated carbocycles. The van der Waals surface area contributed by atoms with Gasteiger partial charge in [-0.3, -0.25) is 19.4 Å². The van der Waals surface area contributed by atoms with Gasteiger partial charge in [0.05, 0.1) is 11.8 Å². The Bertz CT molecular complexity index is 797. The molecule has 6 nitrogen and oxygen atoms in total. The molecule has 0 N–H and O–H groups in total. The van der Waals surface area contributed by atoms with Crippen molar-refractivity contribution in [2.75, 3.05) is 44.2 Å². The fourth-order valence-corrected chi connectivity index (χ4v) is 4.69. The maximum atomic E-state index is 12.2. The molecule has 2 fully saturated rings. The number of benzene rings is 1. The summed E-state index contributed by atoms with van der Waals surface area (Å²) in [6.07, 6.45) is 6.06. The van der Waals surface area contributed by atoms with Crippen LogP contribution in [0.25, 0.3) is 0 Å². The summed E-state index contributed by atoms with van der Waals surface area (Å²) >= 11 is 0. The molecule has 2 aliphatic heterocycles. The van der Waals surface area contributed by atoms with Gasteiger partial charge in [0, 0.05) is 43.9 Å². The van der Waals surface area contributed by atoms with Gasteiger partial charge in [0.1, 0.15) is 5.75 Å². The van der Waals surface area contributed by atoms with E-state index in [1.807, 2.05) is 0 Å². The monoisotopic (exact) mass is 411 g/mol. The van der Waals surface area contributed by atoms with Crippen LogP contribution in [0.1, 0.15) is 46.0 Å². The van der Waals surface area contributed by atoms with Crippen molar-refractivity contribution in [1.82, 2.24) is 9.80 Å². The van der Waals surface area contributed by atoms with Crippen molar-refractivity contribution >= 4 is 17.5 Å². The third-order valence-corrected chi connectivity index (χ3v) is 6.72. The lowest BCUT2D eigenvalue weighted by Crippen LogP contribution is -2.47. The van der Waals surface area contributed by atoms with Crippen LogP contribution in [0.15, 0.2) is 35.4 Å². The summed E-state index contributed by atoms with van der Waals surface area (Å²) in [5.74, 6) is 0.768. The predicted octanol–water partition coefficient (Wildman–Crippen LogP) is 3.23. The topological polar surface area (TPSA) is 53.1 Å². The molecular formula is C24H33N3O3. The highest BCUT2D eigenvalue weighted by Gasteiger charge is 2.32. The highest BCUT2D eigenvalue weighted by atomic mass is 16.5. The fraction of sp³-hybridized carbons (Fsp3) is 0.583. The van der Waals surface area contributed by atoms with Gasteiger partial charge in [0.15, 0.2) is 0 Å². The van der Waals surface area contributed by atoms with Crippen LogP contribution in [-0.2, 0) is 9.59 Å². The summed E-state index contributed by atoms with van der Waals surface area (Å²) in [6, 6.07) is 8.42. The molecule has 30 heavy (non-hydrogen) atoms. The number of imide groups is 1. The van der Waals surface area contributed by atoms with Crippen molar-refractivity contribution in [2.45, 2.75) is 52.1 Å². The van der Waals surface area contributed by atoms with E-state index < -0.39 is 0 Å². The summed E-state index contributed by atoms with van der Waals surface area (Å²) in [4.78, 5) is 30.6. The maximum absolute atomic E-state index is 12.2. The van der Waals surface area contributed by atoms with E-state index >= 15 is 0 Å². The first kappa shape index (κ1) is 20.9. The molecule has 3 aliphatic rings. The molecule has 1 aliphatic carbocycles. The summed E-state index contributed by atoms with van der Waals surface area (Å²) < 4.78 is 6.32. The van der Waals surface area contributed by atoms with E-state index in [9.17, 15) is 9.59 Å². The molecule has 1 aromatic carbocycles. The van der Waals surface area contributed by atoms with Gasteiger partial charge in [-0.2, -0.15) is 0 Å². The first-order valence-corrected chi connectivity index (χ1v) is 11.3. The van der Waals surface area contributed by atoms with Crippen LogP contribution in [0, 0.1) is 0 Å². The highest BCUT2D eigenvalue weighted by Crippen LogP contribution is 2.32. The second-order valence-electron chi connectivity index (χ2n) is 8.69. The van der Waals surface area contributed by atoms with Gasteiger partial charge in [-0.1, -0.05) is 12.1 Å². The van der Waals surface area contributed by atoms with Crippen LogP contribution in [0.2, 0.25) is 0 Å². The zero-order valence-corrected chi connectivity index (χ0v) is 18.2. The lowest BCUT2D eigenvalue weighted by Gasteiger charge is -2.37. The average Bonchev–Trinajstić information content (AvgIpc) is 3.34. The van der Waals surface area contributed by atoms with Crippen LogP contribution in [-0.4, -0.2) is 67.0 Å². The Morgan fingerprint density at radius 3 is 2.20 bits per heavy atom. The summed E-state index contributed by atoms with van der Waals surface area (Å²) in [5.41, 5.74) is 2.38. The number of carbonyl (C=O) groups excluding carboxylic acids is 2. The van der Waals surface area contributed by atoms with Gasteiger partial charge in [0.2, 0.25) is 0 Å². The number of rotatable bonds is 7. The summed E-state index contributed by atoms with van der Waals surface area (Å²) in [7, 11) is 0. The molecule has 0 atom stereocenters. The molecule has 0 unspecified atom stereocenters. The van der Waals surface area contributed by atoms with Crippen molar-refractivity contribution in [3.8, 4) is 5.75 Å². The first-order valence-electron chi connectivity index (χ1n) is 11.3. The third-order valence-electron chi connectivity index (χ3n) is 6.72. The van der Waals surface area contributed by atoms with Gasteiger partial charge in [0.25, 0.3) is 11.8 Å². The number of amides is 2. The molecule has 0 bridgehead atoms. The number of hydrogen-bond donors (Lipinski definition) is 0.